The summed E-state index contributed by atoms with van der Waals surface area (Å²) in [5.74, 6) is -0.341. The van der Waals surface area contributed by atoms with Crippen molar-refractivity contribution in [3.63, 3.8) is 0 Å². The summed E-state index contributed by atoms with van der Waals surface area (Å²) in [6.45, 7) is 2.52. The lowest BCUT2D eigenvalue weighted by Crippen LogP contribution is -2.50. The van der Waals surface area contributed by atoms with E-state index in [0.717, 1.165) is 4.70 Å². The van der Waals surface area contributed by atoms with Crippen LogP contribution in [0.25, 0.3) is 15.2 Å². The van der Waals surface area contributed by atoms with Crippen LogP contribution in [0.15, 0.2) is 58.2 Å². The Morgan fingerprint density at radius 3 is 2.42 bits per heavy atom. The Kier molecular flexibility index (Phi) is 4.80. The van der Waals surface area contributed by atoms with Crippen LogP contribution in [0.4, 0.5) is 10.1 Å². The summed E-state index contributed by atoms with van der Waals surface area (Å²) in [7, 11) is -4.06. The number of hydrogen-bond acceptors (Lipinski definition) is 6. The van der Waals surface area contributed by atoms with Crippen LogP contribution in [0.3, 0.4) is 0 Å². The molecule has 7 nitrogen and oxygen atoms in total. The quantitative estimate of drug-likeness (QED) is 0.472. The van der Waals surface area contributed by atoms with E-state index in [4.69, 9.17) is 0 Å². The third-order valence-corrected chi connectivity index (χ3v) is 8.57. The predicted molar refractivity (Wildman–Crippen MR) is 119 cm³/mol. The highest BCUT2D eigenvalue weighted by Gasteiger charge is 2.34. The number of para-hydroxylation sites is 2. The molecule has 0 unspecified atom stereocenters. The van der Waals surface area contributed by atoms with E-state index in [-0.39, 0.29) is 29.5 Å². The van der Waals surface area contributed by atoms with E-state index in [9.17, 15) is 17.6 Å². The zero-order valence-corrected chi connectivity index (χ0v) is 18.3. The van der Waals surface area contributed by atoms with E-state index in [1.807, 2.05) is 17.0 Å². The zero-order valence-electron chi connectivity index (χ0n) is 16.7. The van der Waals surface area contributed by atoms with Crippen molar-refractivity contribution in [2.45, 2.75) is 11.8 Å². The molecule has 0 atom stereocenters. The highest BCUT2D eigenvalue weighted by molar-refractivity contribution is 7.89. The highest BCUT2D eigenvalue weighted by atomic mass is 32.2. The molecule has 5 rings (SSSR count). The van der Waals surface area contributed by atoms with Crippen LogP contribution < -0.4 is 10.5 Å². The molecule has 2 aromatic heterocycles. The Morgan fingerprint density at radius 2 is 1.68 bits per heavy atom. The van der Waals surface area contributed by atoms with Gasteiger partial charge in [-0.25, -0.2) is 22.2 Å². The minimum Gasteiger partial charge on any atom is -0.367 e. The number of anilines is 1. The molecule has 160 valence electrons. The van der Waals surface area contributed by atoms with Gasteiger partial charge in [0, 0.05) is 26.2 Å². The lowest BCUT2D eigenvalue weighted by Gasteiger charge is -2.35. The first-order valence-corrected chi connectivity index (χ1v) is 12.0. The first-order valence-electron chi connectivity index (χ1n) is 9.78. The predicted octanol–water partition coefficient (Wildman–Crippen LogP) is 2.87. The van der Waals surface area contributed by atoms with Crippen molar-refractivity contribution in [2.24, 2.45) is 0 Å². The third-order valence-electron chi connectivity index (χ3n) is 5.52. The standard InChI is InChI=1S/C21H19FN4O3S2/c1-14-19(20(27)26-17-8-4-5-9-18(17)30-21(26)23-14)31(28,29)25-12-10-24(11-13-25)16-7-3-2-6-15(16)22/h2-9H,10-13H2,1H3. The molecule has 1 aliphatic rings. The molecule has 0 saturated carbocycles. The van der Waals surface area contributed by atoms with Crippen LogP contribution in [-0.2, 0) is 10.0 Å². The van der Waals surface area contributed by atoms with Crippen molar-refractivity contribution in [3.8, 4) is 0 Å². The summed E-state index contributed by atoms with van der Waals surface area (Å²) in [6, 6.07) is 13.7. The zero-order chi connectivity index (χ0) is 21.8. The Bertz CT molecular complexity index is 1470. The molecule has 1 saturated heterocycles. The van der Waals surface area contributed by atoms with E-state index in [2.05, 4.69) is 4.98 Å². The third kappa shape index (κ3) is 3.22. The van der Waals surface area contributed by atoms with E-state index >= 15 is 0 Å². The second kappa shape index (κ2) is 7.40. The van der Waals surface area contributed by atoms with Crippen molar-refractivity contribution in [1.82, 2.24) is 13.7 Å². The lowest BCUT2D eigenvalue weighted by molar-refractivity contribution is 0.382. The van der Waals surface area contributed by atoms with Gasteiger partial charge in [0.05, 0.1) is 21.6 Å². The maximum atomic E-state index is 14.1. The van der Waals surface area contributed by atoms with Crippen LogP contribution >= 0.6 is 11.3 Å². The van der Waals surface area contributed by atoms with E-state index in [1.54, 1.807) is 37.3 Å². The SMILES string of the molecule is Cc1nc2sc3ccccc3n2c(=O)c1S(=O)(=O)N1CCN(c2ccccc2F)CC1. The highest BCUT2D eigenvalue weighted by Crippen LogP contribution is 2.27. The number of aryl methyl sites for hydroxylation is 1. The Morgan fingerprint density at radius 1 is 1.00 bits per heavy atom. The molecule has 3 heterocycles. The molecule has 0 N–H and O–H groups in total. The number of benzene rings is 2. The summed E-state index contributed by atoms with van der Waals surface area (Å²) in [5.41, 5.74) is 0.689. The first-order chi connectivity index (χ1) is 14.9. The number of sulfonamides is 1. The second-order valence-corrected chi connectivity index (χ2v) is 10.2. The molecule has 31 heavy (non-hydrogen) atoms. The average molecular weight is 459 g/mol. The Labute approximate surface area is 182 Å². The number of piperazine rings is 1. The maximum Gasteiger partial charge on any atom is 0.279 e. The molecule has 2 aromatic carbocycles. The molecule has 0 radical (unpaired) electrons. The summed E-state index contributed by atoms with van der Waals surface area (Å²) in [6.07, 6.45) is 0. The largest absolute Gasteiger partial charge is 0.367 e. The molecule has 0 amide bonds. The van der Waals surface area contributed by atoms with Gasteiger partial charge in [0.2, 0.25) is 0 Å². The van der Waals surface area contributed by atoms with Gasteiger partial charge in [-0.2, -0.15) is 4.31 Å². The molecule has 10 heteroatoms. The van der Waals surface area contributed by atoms with Gasteiger partial charge in [-0.1, -0.05) is 35.6 Å². The number of aromatic nitrogens is 2. The summed E-state index contributed by atoms with van der Waals surface area (Å²) < 4.78 is 44.5. The molecule has 1 aliphatic heterocycles. The van der Waals surface area contributed by atoms with Crippen molar-refractivity contribution in [1.29, 1.82) is 0 Å². The number of halogens is 1. The van der Waals surface area contributed by atoms with Gasteiger partial charge < -0.3 is 4.90 Å². The first kappa shape index (κ1) is 20.1. The minimum atomic E-state index is -4.06. The Balaban J connectivity index is 1.52. The normalized spacial score (nSPS) is 15.7. The lowest BCUT2D eigenvalue weighted by atomic mass is 10.2. The van der Waals surface area contributed by atoms with Gasteiger partial charge >= 0.3 is 0 Å². The van der Waals surface area contributed by atoms with Gasteiger partial charge in [0.25, 0.3) is 15.6 Å². The maximum absolute atomic E-state index is 14.1. The van der Waals surface area contributed by atoms with E-state index in [1.165, 1.54) is 26.1 Å². The van der Waals surface area contributed by atoms with Crippen LogP contribution in [0.1, 0.15) is 5.69 Å². The van der Waals surface area contributed by atoms with Gasteiger partial charge in [0.15, 0.2) is 9.86 Å². The molecular weight excluding hydrogens is 439 g/mol. The second-order valence-electron chi connectivity index (χ2n) is 7.36. The number of hydrogen-bond donors (Lipinski definition) is 0. The van der Waals surface area contributed by atoms with Crippen LogP contribution in [0.2, 0.25) is 0 Å². The van der Waals surface area contributed by atoms with Crippen LogP contribution in [-0.4, -0.2) is 48.3 Å². The van der Waals surface area contributed by atoms with Crippen molar-refractivity contribution in [2.75, 3.05) is 31.1 Å². The van der Waals surface area contributed by atoms with Crippen molar-refractivity contribution >= 4 is 42.2 Å². The summed E-state index contributed by atoms with van der Waals surface area (Å²) >= 11 is 1.35. The fourth-order valence-electron chi connectivity index (χ4n) is 4.00. The van der Waals surface area contributed by atoms with Crippen molar-refractivity contribution < 1.29 is 12.8 Å². The smallest absolute Gasteiger partial charge is 0.279 e. The van der Waals surface area contributed by atoms with Crippen molar-refractivity contribution in [3.05, 3.63) is 70.4 Å². The van der Waals surface area contributed by atoms with Gasteiger partial charge in [-0.15, -0.1) is 0 Å². The summed E-state index contributed by atoms with van der Waals surface area (Å²) in [5, 5.41) is 0. The number of rotatable bonds is 3. The number of thiazole rings is 1. The monoisotopic (exact) mass is 458 g/mol. The van der Waals surface area contributed by atoms with Gasteiger partial charge in [-0.05, 0) is 31.2 Å². The Hall–Kier alpha value is -2.82. The molecule has 0 aliphatic carbocycles. The molecule has 4 aromatic rings. The number of nitrogens with zero attached hydrogens (tertiary/aromatic N) is 4. The van der Waals surface area contributed by atoms with E-state index in [0.29, 0.717) is 29.3 Å². The van der Waals surface area contributed by atoms with E-state index < -0.39 is 15.6 Å². The molecular formula is C21H19FN4O3S2. The van der Waals surface area contributed by atoms with Gasteiger partial charge in [-0.3, -0.25) is 4.79 Å². The number of fused-ring (bicyclic) bond motifs is 3. The minimum absolute atomic E-state index is 0.155. The fourth-order valence-corrected chi connectivity index (χ4v) is 6.69. The molecule has 0 spiro atoms. The van der Waals surface area contributed by atoms with Crippen LogP contribution in [0.5, 0.6) is 0 Å². The summed E-state index contributed by atoms with van der Waals surface area (Å²) in [4.78, 5) is 19.7. The molecule has 0 bridgehead atoms. The topological polar surface area (TPSA) is 75.0 Å². The average Bonchev–Trinajstić information content (AvgIpc) is 3.12. The molecule has 1 fully saturated rings. The fraction of sp³-hybridized carbons (Fsp3) is 0.238. The van der Waals surface area contributed by atoms with Gasteiger partial charge in [0.1, 0.15) is 5.82 Å². The van der Waals surface area contributed by atoms with Crippen LogP contribution in [0, 0.1) is 12.7 Å².